The molecule has 6 rings (SSSR count). The lowest BCUT2D eigenvalue weighted by atomic mass is 9.95. The van der Waals surface area contributed by atoms with Crippen molar-refractivity contribution in [3.8, 4) is 0 Å². The summed E-state index contributed by atoms with van der Waals surface area (Å²) in [6, 6.07) is 9.94. The Morgan fingerprint density at radius 1 is 1.13 bits per heavy atom. The zero-order valence-electron chi connectivity index (χ0n) is 16.4. The Kier molecular flexibility index (Phi) is 3.39. The summed E-state index contributed by atoms with van der Waals surface area (Å²) < 4.78 is 11.5. The molecule has 0 spiro atoms. The lowest BCUT2D eigenvalue weighted by Crippen LogP contribution is -2.52. The molecule has 9 heteroatoms. The summed E-state index contributed by atoms with van der Waals surface area (Å²) in [7, 11) is 0. The highest BCUT2D eigenvalue weighted by atomic mass is 16.3. The maximum Gasteiger partial charge on any atom is 0.322 e. The summed E-state index contributed by atoms with van der Waals surface area (Å²) >= 11 is 0. The van der Waals surface area contributed by atoms with E-state index in [1.54, 1.807) is 24.4 Å². The Morgan fingerprint density at radius 3 is 2.77 bits per heavy atom. The zero-order valence-corrected chi connectivity index (χ0v) is 16.4. The van der Waals surface area contributed by atoms with Crippen LogP contribution in [0.5, 0.6) is 0 Å². The number of nitrogens with one attached hydrogen (secondary N) is 2. The molecule has 2 aliphatic rings. The van der Waals surface area contributed by atoms with Gasteiger partial charge in [0.05, 0.1) is 12.1 Å². The van der Waals surface area contributed by atoms with Crippen molar-refractivity contribution >= 4 is 39.9 Å². The highest BCUT2D eigenvalue weighted by Gasteiger charge is 2.53. The molecule has 0 saturated carbocycles. The van der Waals surface area contributed by atoms with Gasteiger partial charge in [0.25, 0.3) is 11.8 Å². The van der Waals surface area contributed by atoms with E-state index in [-0.39, 0.29) is 18.2 Å². The van der Waals surface area contributed by atoms with Crippen LogP contribution in [0.15, 0.2) is 51.4 Å². The van der Waals surface area contributed by atoms with Crippen LogP contribution in [0.3, 0.4) is 0 Å². The van der Waals surface area contributed by atoms with Crippen molar-refractivity contribution in [2.45, 2.75) is 19.0 Å². The Hall–Kier alpha value is -4.14. The first-order chi connectivity index (χ1) is 14.9. The number of aromatic nitrogens is 1. The van der Waals surface area contributed by atoms with Crippen LogP contribution >= 0.6 is 0 Å². The van der Waals surface area contributed by atoms with Gasteiger partial charge in [-0.2, -0.15) is 0 Å². The quantitative estimate of drug-likeness (QED) is 0.496. The molecule has 154 valence electrons. The second-order valence-corrected chi connectivity index (χ2v) is 7.84. The van der Waals surface area contributed by atoms with Crippen LogP contribution in [0, 0.1) is 6.92 Å². The lowest BCUT2D eigenvalue weighted by Gasteiger charge is -2.29. The molecule has 2 N–H and O–H groups in total. The van der Waals surface area contributed by atoms with E-state index < -0.39 is 17.5 Å². The maximum atomic E-state index is 13.3. The minimum Gasteiger partial charge on any atom is -0.461 e. The highest BCUT2D eigenvalue weighted by Crippen LogP contribution is 2.36. The standard InChI is InChI=1S/C22H16N4O5/c1-11-7-13-15(30-11)5-4-12-9-26(19(27)18(12)13)10-22(20(28)24-21(29)25-22)17-8-14-16(31-17)3-2-6-23-14/h2-8H,9-10H2,1H3,(H2,24,25,28,29)/t22-/m1/s1. The number of carbonyl (C=O) groups excluding carboxylic acids is 3. The average molecular weight is 416 g/mol. The van der Waals surface area contributed by atoms with Crippen LogP contribution in [0.4, 0.5) is 4.79 Å². The van der Waals surface area contributed by atoms with Gasteiger partial charge in [-0.3, -0.25) is 19.9 Å². The van der Waals surface area contributed by atoms with Crippen molar-refractivity contribution in [1.82, 2.24) is 20.5 Å². The van der Waals surface area contributed by atoms with Gasteiger partial charge in [0.15, 0.2) is 11.1 Å². The fourth-order valence-corrected chi connectivity index (χ4v) is 4.45. The largest absolute Gasteiger partial charge is 0.461 e. The number of furan rings is 2. The van der Waals surface area contributed by atoms with Gasteiger partial charge in [-0.15, -0.1) is 0 Å². The molecule has 9 nitrogen and oxygen atoms in total. The van der Waals surface area contributed by atoms with Crippen LogP contribution in [0.2, 0.25) is 0 Å². The van der Waals surface area contributed by atoms with Crippen LogP contribution in [0.1, 0.15) is 27.4 Å². The number of amides is 4. The van der Waals surface area contributed by atoms with Crippen molar-refractivity contribution in [2.75, 3.05) is 6.54 Å². The highest BCUT2D eigenvalue weighted by molar-refractivity contribution is 6.11. The number of imide groups is 1. The summed E-state index contributed by atoms with van der Waals surface area (Å²) in [5, 5.41) is 5.69. The molecule has 1 fully saturated rings. The van der Waals surface area contributed by atoms with Crippen molar-refractivity contribution in [1.29, 1.82) is 0 Å². The molecule has 1 atom stereocenters. The van der Waals surface area contributed by atoms with Gasteiger partial charge in [0.1, 0.15) is 22.6 Å². The molecule has 3 aromatic heterocycles. The fraction of sp³-hybridized carbons (Fsp3) is 0.182. The van der Waals surface area contributed by atoms with Crippen molar-refractivity contribution in [3.05, 3.63) is 65.2 Å². The normalized spacial score (nSPS) is 20.5. The number of fused-ring (bicyclic) bond motifs is 4. The van der Waals surface area contributed by atoms with Crippen molar-refractivity contribution < 1.29 is 23.2 Å². The number of urea groups is 1. The number of aryl methyl sites for hydroxylation is 1. The first kappa shape index (κ1) is 17.7. The SMILES string of the molecule is Cc1cc2c3c(ccc2o1)CN(C[C@]1(c2cc4ncccc4o2)NC(=O)NC1=O)C3=O. The summed E-state index contributed by atoms with van der Waals surface area (Å²) in [6.45, 7) is 2.04. The van der Waals surface area contributed by atoms with Crippen LogP contribution in [-0.4, -0.2) is 34.3 Å². The Balaban J connectivity index is 1.43. The predicted octanol–water partition coefficient (Wildman–Crippen LogP) is 2.57. The third kappa shape index (κ3) is 2.43. The van der Waals surface area contributed by atoms with Gasteiger partial charge >= 0.3 is 6.03 Å². The number of hydrogen-bond acceptors (Lipinski definition) is 6. The van der Waals surface area contributed by atoms with E-state index in [4.69, 9.17) is 8.83 Å². The molecule has 1 aromatic carbocycles. The third-order valence-corrected chi connectivity index (χ3v) is 5.85. The summed E-state index contributed by atoms with van der Waals surface area (Å²) in [6.07, 6.45) is 1.61. The summed E-state index contributed by atoms with van der Waals surface area (Å²) in [5.41, 5.74) is 1.51. The van der Waals surface area contributed by atoms with Crippen LogP contribution in [-0.2, 0) is 16.9 Å². The monoisotopic (exact) mass is 416 g/mol. The molecule has 5 heterocycles. The predicted molar refractivity (Wildman–Crippen MR) is 108 cm³/mol. The van der Waals surface area contributed by atoms with E-state index >= 15 is 0 Å². The Labute approximate surface area is 175 Å². The Bertz CT molecular complexity index is 1400. The number of carbonyl (C=O) groups is 3. The fourth-order valence-electron chi connectivity index (χ4n) is 4.45. The van der Waals surface area contributed by atoms with Gasteiger partial charge < -0.3 is 19.1 Å². The number of benzene rings is 1. The molecular weight excluding hydrogens is 400 g/mol. The van der Waals surface area contributed by atoms with Crippen LogP contribution < -0.4 is 10.6 Å². The molecule has 31 heavy (non-hydrogen) atoms. The maximum absolute atomic E-state index is 13.3. The number of rotatable bonds is 3. The van der Waals surface area contributed by atoms with E-state index in [2.05, 4.69) is 15.6 Å². The Morgan fingerprint density at radius 2 is 2.00 bits per heavy atom. The molecular formula is C22H16N4O5. The molecule has 4 amide bonds. The van der Waals surface area contributed by atoms with Gasteiger partial charge in [-0.1, -0.05) is 6.07 Å². The molecule has 2 aliphatic heterocycles. The molecule has 0 bridgehead atoms. The first-order valence-corrected chi connectivity index (χ1v) is 9.74. The molecule has 0 unspecified atom stereocenters. The second-order valence-electron chi connectivity index (χ2n) is 7.84. The topological polar surface area (TPSA) is 118 Å². The van der Waals surface area contributed by atoms with Crippen LogP contribution in [0.25, 0.3) is 22.1 Å². The van der Waals surface area contributed by atoms with Gasteiger partial charge in [0, 0.05) is 24.2 Å². The smallest absolute Gasteiger partial charge is 0.322 e. The molecule has 0 radical (unpaired) electrons. The van der Waals surface area contributed by atoms with E-state index in [0.29, 0.717) is 34.6 Å². The number of pyridine rings is 1. The van der Waals surface area contributed by atoms with Gasteiger partial charge in [-0.05, 0) is 36.8 Å². The molecule has 0 aliphatic carbocycles. The zero-order chi connectivity index (χ0) is 21.3. The number of hydrogen-bond donors (Lipinski definition) is 2. The average Bonchev–Trinajstić information content (AvgIpc) is 3.46. The first-order valence-electron chi connectivity index (χ1n) is 9.74. The lowest BCUT2D eigenvalue weighted by molar-refractivity contribution is -0.125. The summed E-state index contributed by atoms with van der Waals surface area (Å²) in [5.74, 6) is 0.120. The van der Waals surface area contributed by atoms with Crippen molar-refractivity contribution in [3.63, 3.8) is 0 Å². The van der Waals surface area contributed by atoms with Gasteiger partial charge in [-0.25, -0.2) is 4.79 Å². The van der Waals surface area contributed by atoms with Gasteiger partial charge in [0.2, 0.25) is 0 Å². The summed E-state index contributed by atoms with van der Waals surface area (Å²) in [4.78, 5) is 44.1. The third-order valence-electron chi connectivity index (χ3n) is 5.85. The van der Waals surface area contributed by atoms with Crippen molar-refractivity contribution in [2.24, 2.45) is 0 Å². The van der Waals surface area contributed by atoms with E-state index in [0.717, 1.165) is 10.9 Å². The molecule has 1 saturated heterocycles. The second kappa shape index (κ2) is 5.94. The van der Waals surface area contributed by atoms with E-state index in [1.165, 1.54) is 4.90 Å². The number of nitrogens with zero attached hydrogens (tertiary/aromatic N) is 2. The minimum absolute atomic E-state index is 0.0871. The minimum atomic E-state index is -1.55. The van der Waals surface area contributed by atoms with E-state index in [1.807, 2.05) is 25.1 Å². The molecule has 4 aromatic rings. The van der Waals surface area contributed by atoms with E-state index in [9.17, 15) is 14.4 Å².